The molecule has 29 heavy (non-hydrogen) atoms. The number of anilines is 2. The van der Waals surface area contributed by atoms with Crippen LogP contribution >= 0.6 is 0 Å². The highest BCUT2D eigenvalue weighted by atomic mass is 32.2. The van der Waals surface area contributed by atoms with Crippen molar-refractivity contribution >= 4 is 21.5 Å². The van der Waals surface area contributed by atoms with Gasteiger partial charge in [-0.15, -0.1) is 0 Å². The van der Waals surface area contributed by atoms with Gasteiger partial charge in [-0.05, 0) is 38.1 Å². The molecule has 0 amide bonds. The van der Waals surface area contributed by atoms with Crippen molar-refractivity contribution in [2.24, 2.45) is 0 Å². The maximum Gasteiger partial charge on any atom is 0.232 e. The Labute approximate surface area is 171 Å². The number of rotatable bonds is 5. The second-order valence-corrected chi connectivity index (χ2v) is 9.31. The monoisotopic (exact) mass is 418 g/mol. The van der Waals surface area contributed by atoms with Crippen molar-refractivity contribution in [2.75, 3.05) is 41.7 Å². The fourth-order valence-electron chi connectivity index (χ4n) is 3.56. The first-order valence-electron chi connectivity index (χ1n) is 9.89. The molecule has 3 heterocycles. The molecule has 8 nitrogen and oxygen atoms in total. The van der Waals surface area contributed by atoms with Crippen molar-refractivity contribution in [3.8, 4) is 11.4 Å². The van der Waals surface area contributed by atoms with Crippen LogP contribution < -0.4 is 9.62 Å². The first-order chi connectivity index (χ1) is 14.0. The summed E-state index contributed by atoms with van der Waals surface area (Å²) in [6.45, 7) is 7.03. The summed E-state index contributed by atoms with van der Waals surface area (Å²) in [5.41, 5.74) is 3.46. The molecule has 156 valence electrons. The molecule has 1 N–H and O–H groups in total. The number of nitrogens with one attached hydrogen (secondary N) is 1. The van der Waals surface area contributed by atoms with E-state index < -0.39 is 10.0 Å². The van der Waals surface area contributed by atoms with E-state index in [-0.39, 0.29) is 11.8 Å². The highest BCUT2D eigenvalue weighted by Crippen LogP contribution is 2.31. The summed E-state index contributed by atoms with van der Waals surface area (Å²) >= 11 is 0. The van der Waals surface area contributed by atoms with Crippen molar-refractivity contribution in [2.45, 2.75) is 32.9 Å². The Morgan fingerprint density at radius 2 is 1.97 bits per heavy atom. The van der Waals surface area contributed by atoms with Crippen LogP contribution in [0.5, 0.6) is 0 Å². The van der Waals surface area contributed by atoms with E-state index in [1.54, 1.807) is 19.1 Å². The molecule has 1 atom stereocenters. The minimum atomic E-state index is -3.30. The van der Waals surface area contributed by atoms with Gasteiger partial charge < -0.3 is 14.4 Å². The van der Waals surface area contributed by atoms with Crippen LogP contribution in [0.15, 0.2) is 24.3 Å². The van der Waals surface area contributed by atoms with Crippen LogP contribution in [0.1, 0.15) is 25.1 Å². The normalized spacial score (nSPS) is 19.7. The third-order valence-electron chi connectivity index (χ3n) is 5.24. The molecule has 4 rings (SSSR count). The molecule has 0 aliphatic carbocycles. The Kier molecular flexibility index (Phi) is 5.71. The largest absolute Gasteiger partial charge is 0.377 e. The van der Waals surface area contributed by atoms with Gasteiger partial charge in [0.15, 0.2) is 5.82 Å². The van der Waals surface area contributed by atoms with Crippen molar-refractivity contribution in [3.05, 3.63) is 35.5 Å². The van der Waals surface area contributed by atoms with Gasteiger partial charge in [-0.25, -0.2) is 18.4 Å². The fourth-order valence-corrected chi connectivity index (χ4v) is 4.20. The van der Waals surface area contributed by atoms with Gasteiger partial charge in [0, 0.05) is 29.8 Å². The zero-order chi connectivity index (χ0) is 20.4. The summed E-state index contributed by atoms with van der Waals surface area (Å²) in [5.74, 6) is 1.59. The van der Waals surface area contributed by atoms with Gasteiger partial charge in [-0.3, -0.25) is 4.72 Å². The summed E-state index contributed by atoms with van der Waals surface area (Å²) in [7, 11) is -3.30. The lowest BCUT2D eigenvalue weighted by atomic mass is 10.1. The van der Waals surface area contributed by atoms with Crippen LogP contribution in [0.4, 0.5) is 11.5 Å². The Morgan fingerprint density at radius 3 is 2.69 bits per heavy atom. The molecule has 1 saturated heterocycles. The molecule has 9 heteroatoms. The first-order valence-corrected chi connectivity index (χ1v) is 11.5. The third-order valence-corrected chi connectivity index (χ3v) is 6.54. The Balaban J connectivity index is 1.70. The SMILES string of the molecule is CCS(=O)(=O)Nc1ccc(-c2nc3c(c(N4CCOC[C@@H]4C)n2)COCC3)cc1. The lowest BCUT2D eigenvalue weighted by Crippen LogP contribution is -2.45. The van der Waals surface area contributed by atoms with Gasteiger partial charge >= 0.3 is 0 Å². The number of fused-ring (bicyclic) bond motifs is 1. The van der Waals surface area contributed by atoms with Crippen LogP contribution in [0.3, 0.4) is 0 Å². The summed E-state index contributed by atoms with van der Waals surface area (Å²) in [4.78, 5) is 12.0. The third kappa shape index (κ3) is 4.36. The zero-order valence-corrected chi connectivity index (χ0v) is 17.5. The number of morpholine rings is 1. The molecule has 1 fully saturated rings. The molecule has 2 aliphatic rings. The van der Waals surface area contributed by atoms with E-state index in [2.05, 4.69) is 16.5 Å². The van der Waals surface area contributed by atoms with Gasteiger partial charge in [-0.2, -0.15) is 0 Å². The van der Waals surface area contributed by atoms with Gasteiger partial charge in [0.2, 0.25) is 10.0 Å². The second-order valence-electron chi connectivity index (χ2n) is 7.30. The summed E-state index contributed by atoms with van der Waals surface area (Å²) in [6, 6.07) is 7.41. The molecule has 0 spiro atoms. The maximum atomic E-state index is 11.8. The molecular formula is C20H26N4O4S. The van der Waals surface area contributed by atoms with E-state index in [0.717, 1.165) is 35.6 Å². The van der Waals surface area contributed by atoms with Crippen LogP contribution in [0, 0.1) is 0 Å². The average Bonchev–Trinajstić information content (AvgIpc) is 2.74. The highest BCUT2D eigenvalue weighted by molar-refractivity contribution is 7.92. The van der Waals surface area contributed by atoms with E-state index in [4.69, 9.17) is 19.4 Å². The fraction of sp³-hybridized carbons (Fsp3) is 0.500. The van der Waals surface area contributed by atoms with Gasteiger partial charge in [-0.1, -0.05) is 0 Å². The first kappa shape index (κ1) is 20.1. The number of sulfonamides is 1. The molecule has 2 aromatic rings. The standard InChI is InChI=1S/C20H26N4O4S/c1-3-29(25,26)23-16-6-4-15(5-7-16)19-21-18-8-10-27-13-17(18)20(22-19)24-9-11-28-12-14(24)2/h4-7,14,23H,3,8-13H2,1-2H3/t14-/m0/s1. The lowest BCUT2D eigenvalue weighted by molar-refractivity contribution is 0.0952. The quantitative estimate of drug-likeness (QED) is 0.796. The summed E-state index contributed by atoms with van der Waals surface area (Å²) < 4.78 is 37.4. The lowest BCUT2D eigenvalue weighted by Gasteiger charge is -2.36. The van der Waals surface area contributed by atoms with Crippen molar-refractivity contribution < 1.29 is 17.9 Å². The molecule has 0 bridgehead atoms. The predicted molar refractivity (Wildman–Crippen MR) is 112 cm³/mol. The smallest absolute Gasteiger partial charge is 0.232 e. The highest BCUT2D eigenvalue weighted by Gasteiger charge is 2.27. The molecule has 1 aromatic carbocycles. The average molecular weight is 419 g/mol. The predicted octanol–water partition coefficient (Wildman–Crippen LogP) is 2.20. The molecule has 0 saturated carbocycles. The number of hydrogen-bond donors (Lipinski definition) is 1. The zero-order valence-electron chi connectivity index (χ0n) is 16.7. The second kappa shape index (κ2) is 8.25. The van der Waals surface area contributed by atoms with E-state index in [9.17, 15) is 8.42 Å². The Hall–Kier alpha value is -2.23. The molecule has 0 unspecified atom stereocenters. The molecule has 1 aromatic heterocycles. The number of hydrogen-bond acceptors (Lipinski definition) is 7. The van der Waals surface area contributed by atoms with E-state index in [0.29, 0.717) is 37.9 Å². The van der Waals surface area contributed by atoms with Gasteiger partial charge in [0.1, 0.15) is 5.82 Å². The topological polar surface area (TPSA) is 93.7 Å². The molecule has 2 aliphatic heterocycles. The maximum absolute atomic E-state index is 11.8. The van der Waals surface area contributed by atoms with E-state index >= 15 is 0 Å². The van der Waals surface area contributed by atoms with Crippen LogP contribution in [0.2, 0.25) is 0 Å². The number of ether oxygens (including phenoxy) is 2. The summed E-state index contributed by atoms with van der Waals surface area (Å²) in [6.07, 6.45) is 0.755. The number of aromatic nitrogens is 2. The van der Waals surface area contributed by atoms with Crippen LogP contribution in [-0.4, -0.2) is 56.5 Å². The van der Waals surface area contributed by atoms with Crippen molar-refractivity contribution in [3.63, 3.8) is 0 Å². The Bertz CT molecular complexity index is 979. The minimum absolute atomic E-state index is 0.0336. The molecular weight excluding hydrogens is 392 g/mol. The van der Waals surface area contributed by atoms with Crippen LogP contribution in [-0.2, 0) is 32.5 Å². The summed E-state index contributed by atoms with van der Waals surface area (Å²) in [5, 5.41) is 0. The van der Waals surface area contributed by atoms with Crippen molar-refractivity contribution in [1.29, 1.82) is 0 Å². The van der Waals surface area contributed by atoms with Gasteiger partial charge in [0.25, 0.3) is 0 Å². The van der Waals surface area contributed by atoms with E-state index in [1.165, 1.54) is 0 Å². The Morgan fingerprint density at radius 1 is 1.17 bits per heavy atom. The van der Waals surface area contributed by atoms with Gasteiger partial charge in [0.05, 0.1) is 43.9 Å². The minimum Gasteiger partial charge on any atom is -0.377 e. The van der Waals surface area contributed by atoms with Crippen molar-refractivity contribution in [1.82, 2.24) is 9.97 Å². The molecule has 0 radical (unpaired) electrons. The number of benzene rings is 1. The van der Waals surface area contributed by atoms with E-state index in [1.807, 2.05) is 12.1 Å². The van der Waals surface area contributed by atoms with Crippen LogP contribution in [0.25, 0.3) is 11.4 Å². The number of nitrogens with zero attached hydrogens (tertiary/aromatic N) is 3.